The number of pyridine rings is 2. The molecule has 0 N–H and O–H groups in total. The summed E-state index contributed by atoms with van der Waals surface area (Å²) >= 11 is 0. The van der Waals surface area contributed by atoms with E-state index in [9.17, 15) is 0 Å². The van der Waals surface area contributed by atoms with Crippen LogP contribution in [0.15, 0.2) is 116 Å². The van der Waals surface area contributed by atoms with E-state index in [1.54, 1.807) is 5.56 Å². The van der Waals surface area contributed by atoms with E-state index in [1.807, 2.05) is 24.5 Å². The van der Waals surface area contributed by atoms with E-state index in [4.69, 9.17) is 9.97 Å². The summed E-state index contributed by atoms with van der Waals surface area (Å²) in [5.74, 6) is 1.52. The summed E-state index contributed by atoms with van der Waals surface area (Å²) in [5.41, 5.74) is 20.4. The number of hydrogen-bond acceptors (Lipinski definition) is 2. The second-order valence-corrected chi connectivity index (χ2v) is 17.4. The van der Waals surface area contributed by atoms with Gasteiger partial charge in [-0.25, -0.2) is 0 Å². The summed E-state index contributed by atoms with van der Waals surface area (Å²) in [7, 11) is 0. The van der Waals surface area contributed by atoms with Crippen LogP contribution in [-0.4, -0.2) is 16.7 Å². The zero-order valence-electron chi connectivity index (χ0n) is 32.3. The Balaban J connectivity index is 1.14. The Morgan fingerprint density at radius 1 is 0.509 bits per heavy atom. The van der Waals surface area contributed by atoms with Gasteiger partial charge in [-0.3, -0.25) is 9.97 Å². The number of aromatic nitrogens is 2. The molecule has 4 fully saturated rings. The third-order valence-electron chi connectivity index (χ3n) is 13.4. The zero-order chi connectivity index (χ0) is 36.5. The van der Waals surface area contributed by atoms with Gasteiger partial charge in [-0.2, -0.15) is 0 Å². The first kappa shape index (κ1) is 34.0. The van der Waals surface area contributed by atoms with Crippen molar-refractivity contribution in [3.05, 3.63) is 160 Å². The van der Waals surface area contributed by atoms with E-state index in [-0.39, 0.29) is 17.5 Å². The van der Waals surface area contributed by atoms with Crippen LogP contribution >= 0.6 is 0 Å². The van der Waals surface area contributed by atoms with E-state index in [0.717, 1.165) is 23.2 Å². The lowest BCUT2D eigenvalue weighted by Gasteiger charge is -2.63. The summed E-state index contributed by atoms with van der Waals surface area (Å²) in [6.07, 6.45) is 11.6. The van der Waals surface area contributed by atoms with E-state index in [1.165, 1.54) is 105 Å². The van der Waals surface area contributed by atoms with Crippen molar-refractivity contribution in [2.45, 2.75) is 90.9 Å². The molecule has 4 saturated carbocycles. The van der Waals surface area contributed by atoms with Crippen molar-refractivity contribution in [2.24, 2.45) is 11.8 Å². The summed E-state index contributed by atoms with van der Waals surface area (Å²) < 4.78 is 0. The van der Waals surface area contributed by atoms with Gasteiger partial charge in [0.1, 0.15) is 0 Å². The van der Waals surface area contributed by atoms with Crippen molar-refractivity contribution >= 4 is 23.1 Å². The Morgan fingerprint density at radius 2 is 0.962 bits per heavy atom. The van der Waals surface area contributed by atoms with Crippen LogP contribution < -0.4 is 16.4 Å². The Kier molecular flexibility index (Phi) is 8.33. The molecule has 10 rings (SSSR count). The Bertz CT molecular complexity index is 2150. The minimum Gasteiger partial charge on any atom is -0.256 e. The highest BCUT2D eigenvalue weighted by atomic mass is 14.7. The van der Waals surface area contributed by atoms with Gasteiger partial charge in [0, 0.05) is 23.5 Å². The van der Waals surface area contributed by atoms with Crippen LogP contribution in [0.3, 0.4) is 0 Å². The van der Waals surface area contributed by atoms with Crippen molar-refractivity contribution in [3.63, 3.8) is 0 Å². The Labute approximate surface area is 317 Å². The van der Waals surface area contributed by atoms with Crippen LogP contribution in [0.2, 0.25) is 0 Å². The van der Waals surface area contributed by atoms with E-state index in [0.29, 0.717) is 0 Å². The maximum Gasteiger partial charge on any atom is 0.242 e. The van der Waals surface area contributed by atoms with Crippen LogP contribution in [0.1, 0.15) is 83.0 Å². The minimum atomic E-state index is 0.159. The maximum absolute atomic E-state index is 4.81. The third kappa shape index (κ3) is 5.97. The van der Waals surface area contributed by atoms with Gasteiger partial charge in [0.25, 0.3) is 0 Å². The maximum atomic E-state index is 4.81. The number of aryl methyl sites for hydroxylation is 6. The fourth-order valence-corrected chi connectivity index (χ4v) is 12.0. The SMILES string of the molecule is Cc1cc(C)c(B(c2ccc(C34CC5CC(C3)CC(c3cc(-c6ccccn6)cc(-c6ccccn6)c3)(C5)C4)cc2)c2c(C)cc(C)cc2C)c(C)c1. The predicted molar refractivity (Wildman–Crippen MR) is 223 cm³/mol. The topological polar surface area (TPSA) is 25.8 Å². The molecule has 53 heavy (non-hydrogen) atoms. The van der Waals surface area contributed by atoms with Gasteiger partial charge in [-0.15, -0.1) is 0 Å². The predicted octanol–water partition coefficient (Wildman–Crippen LogP) is 9.97. The van der Waals surface area contributed by atoms with E-state index < -0.39 is 0 Å². The second-order valence-electron chi connectivity index (χ2n) is 17.4. The van der Waals surface area contributed by atoms with E-state index >= 15 is 0 Å². The lowest BCUT2D eigenvalue weighted by Crippen LogP contribution is -2.57. The van der Waals surface area contributed by atoms with Crippen molar-refractivity contribution < 1.29 is 0 Å². The highest BCUT2D eigenvalue weighted by Gasteiger charge is 2.58. The third-order valence-corrected chi connectivity index (χ3v) is 13.4. The second kappa shape index (κ2) is 13.0. The smallest absolute Gasteiger partial charge is 0.242 e. The minimum absolute atomic E-state index is 0.159. The van der Waals surface area contributed by atoms with Gasteiger partial charge in [0.2, 0.25) is 6.71 Å². The lowest BCUT2D eigenvalue weighted by molar-refractivity contribution is -0.0281. The molecular formula is C50H51BN2. The largest absolute Gasteiger partial charge is 0.256 e. The molecule has 0 aliphatic heterocycles. The zero-order valence-corrected chi connectivity index (χ0v) is 32.3. The van der Waals surface area contributed by atoms with Crippen LogP contribution in [0.5, 0.6) is 0 Å². The molecular weight excluding hydrogens is 639 g/mol. The van der Waals surface area contributed by atoms with Gasteiger partial charge in [0.05, 0.1) is 11.4 Å². The van der Waals surface area contributed by atoms with Gasteiger partial charge in [0.15, 0.2) is 0 Å². The normalized spacial score (nSPS) is 23.0. The quantitative estimate of drug-likeness (QED) is 0.156. The first-order chi connectivity index (χ1) is 25.6. The fourth-order valence-electron chi connectivity index (χ4n) is 12.0. The molecule has 4 bridgehead atoms. The molecule has 2 unspecified atom stereocenters. The van der Waals surface area contributed by atoms with Crippen LogP contribution in [0, 0.1) is 53.4 Å². The molecule has 2 aromatic heterocycles. The molecule has 2 atom stereocenters. The molecule has 0 saturated heterocycles. The molecule has 3 heteroatoms. The lowest BCUT2D eigenvalue weighted by atomic mass is 9.34. The fraction of sp³-hybridized carbons (Fsp3) is 0.320. The average Bonchev–Trinajstić information content (AvgIpc) is 3.13. The average molecular weight is 691 g/mol. The first-order valence-corrected chi connectivity index (χ1v) is 19.8. The molecule has 0 radical (unpaired) electrons. The van der Waals surface area contributed by atoms with Crippen molar-refractivity contribution in [3.8, 4) is 22.5 Å². The number of hydrogen-bond donors (Lipinski definition) is 0. The molecule has 6 aromatic rings. The Hall–Kier alpha value is -4.76. The van der Waals surface area contributed by atoms with Gasteiger partial charge in [-0.05, 0) is 156 Å². The summed E-state index contributed by atoms with van der Waals surface area (Å²) in [6, 6.07) is 39.4. The molecule has 0 amide bonds. The molecule has 2 heterocycles. The van der Waals surface area contributed by atoms with Crippen LogP contribution in [0.4, 0.5) is 0 Å². The van der Waals surface area contributed by atoms with E-state index in [2.05, 4.69) is 133 Å². The van der Waals surface area contributed by atoms with Gasteiger partial charge >= 0.3 is 0 Å². The number of rotatable bonds is 7. The molecule has 0 spiro atoms. The highest BCUT2D eigenvalue weighted by molar-refractivity contribution is 6.96. The van der Waals surface area contributed by atoms with Crippen LogP contribution in [0.25, 0.3) is 22.5 Å². The van der Waals surface area contributed by atoms with Crippen molar-refractivity contribution in [2.75, 3.05) is 0 Å². The molecule has 4 aromatic carbocycles. The number of nitrogens with zero attached hydrogens (tertiary/aromatic N) is 2. The monoisotopic (exact) mass is 690 g/mol. The van der Waals surface area contributed by atoms with Gasteiger partial charge < -0.3 is 0 Å². The van der Waals surface area contributed by atoms with Crippen molar-refractivity contribution in [1.82, 2.24) is 9.97 Å². The summed E-state index contributed by atoms with van der Waals surface area (Å²) in [6.45, 7) is 13.9. The molecule has 2 nitrogen and oxygen atoms in total. The summed E-state index contributed by atoms with van der Waals surface area (Å²) in [4.78, 5) is 9.62. The first-order valence-electron chi connectivity index (χ1n) is 19.8. The van der Waals surface area contributed by atoms with Gasteiger partial charge in [-0.1, -0.05) is 110 Å². The highest BCUT2D eigenvalue weighted by Crippen LogP contribution is 2.66. The number of benzene rings is 4. The Morgan fingerprint density at radius 3 is 1.40 bits per heavy atom. The molecule has 4 aliphatic carbocycles. The van der Waals surface area contributed by atoms with Crippen LogP contribution in [-0.2, 0) is 10.8 Å². The summed E-state index contributed by atoms with van der Waals surface area (Å²) in [5, 5.41) is 0. The van der Waals surface area contributed by atoms with Crippen molar-refractivity contribution in [1.29, 1.82) is 0 Å². The standard InChI is InChI=1S/C50H51BN2/c1-32-19-34(3)47(35(4)20-32)51(48-36(5)21-33(2)22-37(48)6)44-15-13-42(14-16-44)49-27-38-23-39(28-49)30-50(29-38,31-49)43-25-40(45-11-7-9-17-52-45)24-41(26-43)46-12-8-10-18-53-46/h7-22,24-26,38-39H,23,27-31H2,1-6H3. The molecule has 4 aliphatic rings. The molecule has 264 valence electrons.